The topological polar surface area (TPSA) is 171 Å². The second-order valence-electron chi connectivity index (χ2n) is 8.18. The number of aromatic nitrogens is 4. The normalized spacial score (nSPS) is 12.3. The Hall–Kier alpha value is -4.10. The zero-order valence-electron chi connectivity index (χ0n) is 19.7. The fourth-order valence-electron chi connectivity index (χ4n) is 3.49. The Kier molecular flexibility index (Phi) is 9.66. The van der Waals surface area contributed by atoms with Crippen molar-refractivity contribution in [2.45, 2.75) is 37.7 Å². The molecule has 2 atom stereocenters. The maximum absolute atomic E-state index is 13.1. The molecule has 0 fully saturated rings. The van der Waals surface area contributed by atoms with Crippen molar-refractivity contribution in [2.75, 3.05) is 5.32 Å². The van der Waals surface area contributed by atoms with E-state index in [0.29, 0.717) is 18.5 Å². The van der Waals surface area contributed by atoms with E-state index in [1.54, 1.807) is 13.2 Å². The first kappa shape index (κ1) is 26.5. The molecule has 2 aromatic heterocycles. The summed E-state index contributed by atoms with van der Waals surface area (Å²) in [5.41, 5.74) is 1.47. The lowest BCUT2D eigenvalue weighted by molar-refractivity contribution is -0.126. The fourth-order valence-corrected chi connectivity index (χ4v) is 3.49. The number of anilines is 1. The molecule has 0 aliphatic carbocycles. The van der Waals surface area contributed by atoms with Gasteiger partial charge in [0.1, 0.15) is 11.7 Å². The highest BCUT2D eigenvalue weighted by Crippen LogP contribution is 2.09. The number of carbonyl (C=O) groups excluding carboxylic acids is 3. The summed E-state index contributed by atoms with van der Waals surface area (Å²) in [4.78, 5) is 46.0. The molecular weight excluding hydrogens is 465 g/mol. The van der Waals surface area contributed by atoms with E-state index in [0.717, 1.165) is 5.56 Å². The predicted octanol–water partition coefficient (Wildman–Crippen LogP) is -0.143. The van der Waals surface area contributed by atoms with Gasteiger partial charge in [0.25, 0.3) is 5.91 Å². The van der Waals surface area contributed by atoms with Gasteiger partial charge in [0, 0.05) is 25.6 Å². The van der Waals surface area contributed by atoms with Gasteiger partial charge in [0.05, 0.1) is 30.4 Å². The Labute approximate surface area is 208 Å². The average molecular weight is 493 g/mol. The molecule has 12 nitrogen and oxygen atoms in total. The van der Waals surface area contributed by atoms with Crippen molar-refractivity contribution in [3.63, 3.8) is 0 Å². The Bertz CT molecular complexity index is 1140. The summed E-state index contributed by atoms with van der Waals surface area (Å²) < 4.78 is 1.50. The van der Waals surface area contributed by atoms with Crippen molar-refractivity contribution in [2.24, 2.45) is 7.05 Å². The number of hydrogen-bond donors (Lipinski definition) is 5. The molecule has 3 aromatic rings. The minimum absolute atomic E-state index is 0.0374. The minimum Gasteiger partial charge on any atom is -0.426 e. The number of carbonyl (C=O) groups is 3. The van der Waals surface area contributed by atoms with Crippen molar-refractivity contribution in [3.05, 3.63) is 72.6 Å². The van der Waals surface area contributed by atoms with Gasteiger partial charge in [0.2, 0.25) is 11.8 Å². The number of benzene rings is 1. The third-order valence-electron chi connectivity index (χ3n) is 5.31. The summed E-state index contributed by atoms with van der Waals surface area (Å²) >= 11 is 0. The molecule has 1 aromatic carbocycles. The van der Waals surface area contributed by atoms with Crippen LogP contribution in [0.5, 0.6) is 0 Å². The molecule has 0 bridgehead atoms. The highest BCUT2D eigenvalue weighted by Gasteiger charge is 2.31. The summed E-state index contributed by atoms with van der Waals surface area (Å²) in [7, 11) is -0.143. The lowest BCUT2D eigenvalue weighted by Gasteiger charge is -2.23. The van der Waals surface area contributed by atoms with E-state index in [2.05, 4.69) is 31.0 Å². The van der Waals surface area contributed by atoms with E-state index in [-0.39, 0.29) is 12.1 Å². The molecule has 0 aliphatic rings. The first-order valence-electron chi connectivity index (χ1n) is 11.4. The maximum atomic E-state index is 13.1. The summed E-state index contributed by atoms with van der Waals surface area (Å²) in [6, 6.07) is 8.34. The van der Waals surface area contributed by atoms with Crippen LogP contribution in [0.1, 0.15) is 35.3 Å². The quantitative estimate of drug-likeness (QED) is 0.217. The molecule has 0 saturated heterocycles. The Morgan fingerprint density at radius 3 is 2.50 bits per heavy atom. The van der Waals surface area contributed by atoms with Crippen LogP contribution in [0.15, 0.2) is 61.3 Å². The molecule has 5 N–H and O–H groups in total. The lowest BCUT2D eigenvalue weighted by Crippen LogP contribution is -2.54. The van der Waals surface area contributed by atoms with Crippen molar-refractivity contribution < 1.29 is 24.4 Å². The van der Waals surface area contributed by atoms with E-state index in [1.807, 2.05) is 30.3 Å². The van der Waals surface area contributed by atoms with Crippen molar-refractivity contribution in [1.82, 2.24) is 30.4 Å². The van der Waals surface area contributed by atoms with Crippen LogP contribution in [0.2, 0.25) is 0 Å². The van der Waals surface area contributed by atoms with Gasteiger partial charge in [-0.25, -0.2) is 4.98 Å². The molecule has 2 heterocycles. The second kappa shape index (κ2) is 13.1. The molecule has 0 radical (unpaired) electrons. The molecule has 188 valence electrons. The third kappa shape index (κ3) is 8.29. The Morgan fingerprint density at radius 1 is 1.08 bits per heavy atom. The average Bonchev–Trinajstić information content (AvgIpc) is 3.28. The van der Waals surface area contributed by atoms with E-state index in [9.17, 15) is 24.4 Å². The zero-order chi connectivity index (χ0) is 25.9. The van der Waals surface area contributed by atoms with Crippen LogP contribution in [0, 0.1) is 0 Å². The van der Waals surface area contributed by atoms with Crippen LogP contribution in [-0.2, 0) is 23.1 Å². The molecule has 0 unspecified atom stereocenters. The van der Waals surface area contributed by atoms with Crippen LogP contribution in [-0.4, -0.2) is 66.6 Å². The summed E-state index contributed by atoms with van der Waals surface area (Å²) in [6.07, 6.45) is 8.08. The largest absolute Gasteiger partial charge is 0.475 e. The van der Waals surface area contributed by atoms with Crippen LogP contribution >= 0.6 is 0 Å². The van der Waals surface area contributed by atoms with Gasteiger partial charge in [-0.15, -0.1) is 0 Å². The van der Waals surface area contributed by atoms with Crippen LogP contribution in [0.4, 0.5) is 5.69 Å². The van der Waals surface area contributed by atoms with Gasteiger partial charge in [-0.3, -0.25) is 24.0 Å². The minimum atomic E-state index is -1.83. The Morgan fingerprint density at radius 2 is 1.86 bits per heavy atom. The van der Waals surface area contributed by atoms with Crippen molar-refractivity contribution in [1.29, 1.82) is 0 Å². The summed E-state index contributed by atoms with van der Waals surface area (Å²) in [5.74, 6) is -3.00. The van der Waals surface area contributed by atoms with E-state index >= 15 is 0 Å². The molecule has 0 aliphatic heterocycles. The SMILES string of the molecule is Cn1cc(NC(=O)C[C@@H](NC(=O)c2cnccn2)C(=O)N[C@@H](CCCc2ccccc2)B(O)O)cn1. The number of aryl methyl sites for hydroxylation is 2. The molecule has 0 saturated carbocycles. The highest BCUT2D eigenvalue weighted by molar-refractivity contribution is 6.43. The third-order valence-corrected chi connectivity index (χ3v) is 5.31. The second-order valence-corrected chi connectivity index (χ2v) is 8.18. The van der Waals surface area contributed by atoms with Crippen molar-refractivity contribution in [3.8, 4) is 0 Å². The first-order valence-corrected chi connectivity index (χ1v) is 11.4. The van der Waals surface area contributed by atoms with Gasteiger partial charge in [-0.05, 0) is 24.8 Å². The predicted molar refractivity (Wildman–Crippen MR) is 131 cm³/mol. The van der Waals surface area contributed by atoms with Crippen LogP contribution in [0.25, 0.3) is 0 Å². The standard InChI is InChI=1S/C23H28BN7O5/c1-31-15-17(13-27-31)28-21(32)12-18(29-23(34)19-14-25-10-11-26-19)22(33)30-20(24(35)36)9-5-8-16-6-3-2-4-7-16/h2-4,6-7,10-11,13-15,18,20,35-36H,5,8-9,12H2,1H3,(H,28,32)(H,29,34)(H,30,33)/t18-,20+/m1/s1. The molecule has 36 heavy (non-hydrogen) atoms. The van der Waals surface area contributed by atoms with Crippen LogP contribution < -0.4 is 16.0 Å². The molecular formula is C23H28BN7O5. The van der Waals surface area contributed by atoms with Gasteiger partial charge in [-0.2, -0.15) is 5.10 Å². The van der Waals surface area contributed by atoms with Gasteiger partial charge in [-0.1, -0.05) is 30.3 Å². The van der Waals surface area contributed by atoms with E-state index in [1.165, 1.54) is 29.5 Å². The molecule has 0 spiro atoms. The molecule has 13 heteroatoms. The van der Waals surface area contributed by atoms with Gasteiger partial charge < -0.3 is 26.0 Å². The molecule has 3 amide bonds. The number of rotatable bonds is 12. The van der Waals surface area contributed by atoms with E-state index in [4.69, 9.17) is 0 Å². The van der Waals surface area contributed by atoms with E-state index < -0.39 is 43.2 Å². The maximum Gasteiger partial charge on any atom is 0.475 e. The number of nitrogens with one attached hydrogen (secondary N) is 3. The van der Waals surface area contributed by atoms with Crippen LogP contribution in [0.3, 0.4) is 0 Å². The first-order chi connectivity index (χ1) is 17.3. The Balaban J connectivity index is 1.66. The molecule has 3 rings (SSSR count). The summed E-state index contributed by atoms with van der Waals surface area (Å²) in [5, 5.41) is 31.3. The fraction of sp³-hybridized carbons (Fsp3) is 0.304. The van der Waals surface area contributed by atoms with Crippen molar-refractivity contribution >= 4 is 30.5 Å². The number of nitrogens with zero attached hydrogens (tertiary/aromatic N) is 4. The number of hydrogen-bond acceptors (Lipinski definition) is 8. The smallest absolute Gasteiger partial charge is 0.426 e. The van der Waals surface area contributed by atoms with Gasteiger partial charge in [0.15, 0.2) is 0 Å². The monoisotopic (exact) mass is 493 g/mol. The van der Waals surface area contributed by atoms with Gasteiger partial charge >= 0.3 is 7.12 Å². The number of amides is 3. The lowest BCUT2D eigenvalue weighted by atomic mass is 9.76. The highest BCUT2D eigenvalue weighted by atomic mass is 16.4. The summed E-state index contributed by atoms with van der Waals surface area (Å²) in [6.45, 7) is 0. The zero-order valence-corrected chi connectivity index (χ0v) is 19.7.